The Morgan fingerprint density at radius 2 is 1.57 bits per heavy atom. The fourth-order valence-corrected chi connectivity index (χ4v) is 5.01. The average Bonchev–Trinajstić information content (AvgIpc) is 3.37. The van der Waals surface area contributed by atoms with Crippen molar-refractivity contribution < 1.29 is 9.59 Å². The summed E-state index contributed by atoms with van der Waals surface area (Å²) >= 11 is 13.2. The molecule has 2 fully saturated rings. The van der Waals surface area contributed by atoms with Gasteiger partial charge < -0.3 is 9.80 Å². The van der Waals surface area contributed by atoms with E-state index in [0.29, 0.717) is 38.9 Å². The van der Waals surface area contributed by atoms with E-state index < -0.39 is 0 Å². The van der Waals surface area contributed by atoms with Crippen molar-refractivity contribution in [2.45, 2.75) is 12.5 Å². The predicted octanol–water partition coefficient (Wildman–Crippen LogP) is 3.73. The smallest absolute Gasteiger partial charge is 0.264 e. The van der Waals surface area contributed by atoms with E-state index in [9.17, 15) is 9.59 Å². The lowest BCUT2D eigenvalue weighted by molar-refractivity contribution is 0.0569. The van der Waals surface area contributed by atoms with Crippen molar-refractivity contribution in [2.24, 2.45) is 0 Å². The highest BCUT2D eigenvalue weighted by Crippen LogP contribution is 2.26. The molecule has 5 nitrogen and oxygen atoms in total. The zero-order valence-electron chi connectivity index (χ0n) is 15.3. The number of thiophene rings is 1. The zero-order chi connectivity index (χ0) is 19.7. The number of piperazine rings is 1. The van der Waals surface area contributed by atoms with Crippen LogP contribution in [0.2, 0.25) is 9.36 Å². The highest BCUT2D eigenvalue weighted by molar-refractivity contribution is 7.17. The van der Waals surface area contributed by atoms with Crippen LogP contribution in [0.25, 0.3) is 0 Å². The molecule has 2 saturated heterocycles. The van der Waals surface area contributed by atoms with Gasteiger partial charge in [-0.25, -0.2) is 0 Å². The molecule has 0 unspecified atom stereocenters. The summed E-state index contributed by atoms with van der Waals surface area (Å²) in [5.41, 5.74) is 0.671. The molecule has 2 aliphatic heterocycles. The second kappa shape index (κ2) is 8.41. The maximum atomic E-state index is 12.6. The van der Waals surface area contributed by atoms with Crippen LogP contribution in [0.3, 0.4) is 0 Å². The number of hydrogen-bond donors (Lipinski definition) is 0. The minimum absolute atomic E-state index is 0.0501. The minimum atomic E-state index is 0.0501. The summed E-state index contributed by atoms with van der Waals surface area (Å²) in [5.74, 6) is 0.116. The molecule has 8 heteroatoms. The normalized spacial score (nSPS) is 20.6. The molecule has 4 rings (SSSR count). The van der Waals surface area contributed by atoms with Crippen LogP contribution in [0, 0.1) is 0 Å². The van der Waals surface area contributed by atoms with E-state index >= 15 is 0 Å². The van der Waals surface area contributed by atoms with Crippen LogP contribution >= 0.6 is 34.5 Å². The first-order valence-electron chi connectivity index (χ1n) is 9.35. The van der Waals surface area contributed by atoms with Crippen LogP contribution in [-0.2, 0) is 0 Å². The predicted molar refractivity (Wildman–Crippen MR) is 113 cm³/mol. The highest BCUT2D eigenvalue weighted by Gasteiger charge is 2.33. The molecule has 0 N–H and O–H groups in total. The Labute approximate surface area is 178 Å². The minimum Gasteiger partial charge on any atom is -0.336 e. The molecule has 28 heavy (non-hydrogen) atoms. The topological polar surface area (TPSA) is 43.9 Å². The lowest BCUT2D eigenvalue weighted by Crippen LogP contribution is -2.52. The Balaban J connectivity index is 1.30. The van der Waals surface area contributed by atoms with E-state index in [1.165, 1.54) is 11.3 Å². The molecule has 1 aromatic heterocycles. The number of benzene rings is 1. The second-order valence-electron chi connectivity index (χ2n) is 7.13. The molecule has 0 bridgehead atoms. The Morgan fingerprint density at radius 1 is 0.857 bits per heavy atom. The van der Waals surface area contributed by atoms with Gasteiger partial charge in [0.1, 0.15) is 0 Å². The molecule has 1 atom stereocenters. The van der Waals surface area contributed by atoms with Crippen molar-refractivity contribution in [1.29, 1.82) is 0 Å². The third-order valence-electron chi connectivity index (χ3n) is 5.44. The number of likely N-dealkylation sites (tertiary alicyclic amines) is 1. The van der Waals surface area contributed by atoms with Crippen LogP contribution in [0.5, 0.6) is 0 Å². The van der Waals surface area contributed by atoms with Crippen molar-refractivity contribution in [3.05, 3.63) is 56.2 Å². The summed E-state index contributed by atoms with van der Waals surface area (Å²) in [6, 6.07) is 11.0. The number of carbonyl (C=O) groups excluding carboxylic acids is 2. The molecule has 1 aromatic carbocycles. The number of nitrogens with zero attached hydrogens (tertiary/aromatic N) is 3. The van der Waals surface area contributed by atoms with E-state index in [1.807, 2.05) is 9.80 Å². The summed E-state index contributed by atoms with van der Waals surface area (Å²) in [5, 5.41) is 0.631. The standard InChI is InChI=1S/C20H21Cl2N3O2S/c21-15-3-1-14(2-4-15)19(26)24-11-9-23(10-12-24)16-7-8-25(13-16)20(27)17-5-6-18(22)28-17/h1-6,16H,7-13H2/t16-/m1/s1. The number of amides is 2. The molecule has 2 aromatic rings. The van der Waals surface area contributed by atoms with Gasteiger partial charge in [-0.1, -0.05) is 23.2 Å². The van der Waals surface area contributed by atoms with Gasteiger partial charge in [0.2, 0.25) is 0 Å². The lowest BCUT2D eigenvalue weighted by Gasteiger charge is -2.38. The SMILES string of the molecule is O=C(c1ccc(Cl)cc1)N1CCN([C@@H]2CCN(C(=O)c3ccc(Cl)s3)C2)CC1. The average molecular weight is 438 g/mol. The van der Waals surface area contributed by atoms with E-state index in [1.54, 1.807) is 36.4 Å². The first-order chi connectivity index (χ1) is 13.5. The molecule has 0 spiro atoms. The highest BCUT2D eigenvalue weighted by atomic mass is 35.5. The third kappa shape index (κ3) is 4.20. The number of rotatable bonds is 3. The summed E-state index contributed by atoms with van der Waals surface area (Å²) in [6.07, 6.45) is 0.968. The molecule has 2 amide bonds. The Kier molecular flexibility index (Phi) is 5.92. The fourth-order valence-electron chi connectivity index (χ4n) is 3.87. The summed E-state index contributed by atoms with van der Waals surface area (Å²) in [7, 11) is 0. The van der Waals surface area contributed by atoms with Crippen LogP contribution in [-0.4, -0.2) is 71.8 Å². The second-order valence-corrected chi connectivity index (χ2v) is 9.28. The maximum absolute atomic E-state index is 12.6. The molecule has 148 valence electrons. The third-order valence-corrected chi connectivity index (χ3v) is 6.91. The van der Waals surface area contributed by atoms with Gasteiger partial charge in [-0.15, -0.1) is 11.3 Å². The van der Waals surface area contributed by atoms with E-state index in [4.69, 9.17) is 23.2 Å². The van der Waals surface area contributed by atoms with Gasteiger partial charge in [0, 0.05) is 55.9 Å². The van der Waals surface area contributed by atoms with Crippen molar-refractivity contribution >= 4 is 46.4 Å². The van der Waals surface area contributed by atoms with Crippen molar-refractivity contribution in [3.8, 4) is 0 Å². The van der Waals surface area contributed by atoms with Gasteiger partial charge in [0.05, 0.1) is 9.21 Å². The van der Waals surface area contributed by atoms with Gasteiger partial charge in [0.25, 0.3) is 11.8 Å². The maximum Gasteiger partial charge on any atom is 0.264 e. The molecule has 0 saturated carbocycles. The van der Waals surface area contributed by atoms with Gasteiger partial charge in [-0.2, -0.15) is 0 Å². The Hall–Kier alpha value is -1.60. The number of hydrogen-bond acceptors (Lipinski definition) is 4. The van der Waals surface area contributed by atoms with Crippen molar-refractivity contribution in [3.63, 3.8) is 0 Å². The van der Waals surface area contributed by atoms with Gasteiger partial charge in [-0.3, -0.25) is 14.5 Å². The number of carbonyl (C=O) groups is 2. The monoisotopic (exact) mass is 437 g/mol. The lowest BCUT2D eigenvalue weighted by atomic mass is 10.1. The van der Waals surface area contributed by atoms with Crippen LogP contribution < -0.4 is 0 Å². The number of halogens is 2. The Morgan fingerprint density at radius 3 is 2.21 bits per heavy atom. The van der Waals surface area contributed by atoms with E-state index in [-0.39, 0.29) is 11.8 Å². The molecule has 0 aliphatic carbocycles. The summed E-state index contributed by atoms with van der Waals surface area (Å²) < 4.78 is 0.639. The first-order valence-corrected chi connectivity index (χ1v) is 10.9. The quantitative estimate of drug-likeness (QED) is 0.734. The first kappa shape index (κ1) is 19.7. The van der Waals surface area contributed by atoms with Gasteiger partial charge in [0.15, 0.2) is 0 Å². The van der Waals surface area contributed by atoms with Crippen LogP contribution in [0.1, 0.15) is 26.5 Å². The largest absolute Gasteiger partial charge is 0.336 e. The fraction of sp³-hybridized carbons (Fsp3) is 0.400. The molecular formula is C20H21Cl2N3O2S. The summed E-state index contributed by atoms with van der Waals surface area (Å²) in [4.78, 5) is 32.2. The van der Waals surface area contributed by atoms with E-state index in [0.717, 1.165) is 32.6 Å². The molecule has 3 heterocycles. The van der Waals surface area contributed by atoms with Crippen LogP contribution in [0.15, 0.2) is 36.4 Å². The van der Waals surface area contributed by atoms with Crippen molar-refractivity contribution in [1.82, 2.24) is 14.7 Å². The van der Waals surface area contributed by atoms with Crippen molar-refractivity contribution in [2.75, 3.05) is 39.3 Å². The van der Waals surface area contributed by atoms with Crippen LogP contribution in [0.4, 0.5) is 0 Å². The van der Waals surface area contributed by atoms with E-state index in [2.05, 4.69) is 4.90 Å². The zero-order valence-corrected chi connectivity index (χ0v) is 17.6. The molecule has 0 radical (unpaired) electrons. The molecule has 2 aliphatic rings. The summed E-state index contributed by atoms with van der Waals surface area (Å²) in [6.45, 7) is 4.56. The van der Waals surface area contributed by atoms with Gasteiger partial charge >= 0.3 is 0 Å². The Bertz CT molecular complexity index is 863. The molecular weight excluding hydrogens is 417 g/mol. The van der Waals surface area contributed by atoms with Gasteiger partial charge in [-0.05, 0) is 42.8 Å².